The maximum atomic E-state index is 12.1. The summed E-state index contributed by atoms with van der Waals surface area (Å²) in [7, 11) is 0. The lowest BCUT2D eigenvalue weighted by atomic mass is 9.90. The molecule has 0 aromatic carbocycles. The summed E-state index contributed by atoms with van der Waals surface area (Å²) in [6.07, 6.45) is 0.533. The van der Waals surface area contributed by atoms with Gasteiger partial charge in [-0.1, -0.05) is 0 Å². The Morgan fingerprint density at radius 1 is 1.18 bits per heavy atom. The molecule has 1 atom stereocenters. The maximum Gasteiger partial charge on any atom is 0.410 e. The van der Waals surface area contributed by atoms with Crippen LogP contribution in [0.5, 0.6) is 0 Å². The summed E-state index contributed by atoms with van der Waals surface area (Å²) in [4.78, 5) is 25.2. The molecule has 1 rings (SSSR count). The molecule has 1 fully saturated rings. The van der Waals surface area contributed by atoms with Gasteiger partial charge in [0.25, 0.3) is 0 Å². The SMILES string of the molecule is CCOC(=O)COC(C)(C)C1CCN(C(=O)OC(C)(C)C)C1. The van der Waals surface area contributed by atoms with E-state index in [2.05, 4.69) is 0 Å². The number of carbonyl (C=O) groups excluding carboxylic acids is 2. The standard InChI is InChI=1S/C16H29NO5/c1-7-20-13(18)11-21-16(5,6)12-8-9-17(10-12)14(19)22-15(2,3)4/h12H,7-11H2,1-6H3. The molecule has 6 nitrogen and oxygen atoms in total. The Kier molecular flexibility index (Phi) is 6.23. The number of rotatable bonds is 5. The Hall–Kier alpha value is -1.30. The van der Waals surface area contributed by atoms with E-state index in [-0.39, 0.29) is 24.6 Å². The van der Waals surface area contributed by atoms with Gasteiger partial charge in [0.15, 0.2) is 0 Å². The van der Waals surface area contributed by atoms with Crippen molar-refractivity contribution in [2.24, 2.45) is 5.92 Å². The lowest BCUT2D eigenvalue weighted by Gasteiger charge is -2.31. The summed E-state index contributed by atoms with van der Waals surface area (Å²) in [5.74, 6) is -0.202. The van der Waals surface area contributed by atoms with Gasteiger partial charge < -0.3 is 19.1 Å². The van der Waals surface area contributed by atoms with Gasteiger partial charge in [0.1, 0.15) is 12.2 Å². The molecule has 0 radical (unpaired) electrons. The van der Waals surface area contributed by atoms with Crippen LogP contribution < -0.4 is 0 Å². The molecule has 22 heavy (non-hydrogen) atoms. The third-order valence-electron chi connectivity index (χ3n) is 3.69. The van der Waals surface area contributed by atoms with E-state index in [9.17, 15) is 9.59 Å². The van der Waals surface area contributed by atoms with Crippen LogP contribution in [0.25, 0.3) is 0 Å². The van der Waals surface area contributed by atoms with Crippen LogP contribution >= 0.6 is 0 Å². The number of ether oxygens (including phenoxy) is 3. The van der Waals surface area contributed by atoms with Crippen LogP contribution in [0, 0.1) is 5.92 Å². The van der Waals surface area contributed by atoms with Gasteiger partial charge in [0.2, 0.25) is 0 Å². The zero-order chi connectivity index (χ0) is 17.0. The van der Waals surface area contributed by atoms with E-state index in [4.69, 9.17) is 14.2 Å². The predicted molar refractivity (Wildman–Crippen MR) is 82.6 cm³/mol. The van der Waals surface area contributed by atoms with E-state index in [1.807, 2.05) is 34.6 Å². The second-order valence-corrected chi connectivity index (χ2v) is 7.11. The molecular weight excluding hydrogens is 286 g/mol. The van der Waals surface area contributed by atoms with E-state index >= 15 is 0 Å². The molecule has 1 saturated heterocycles. The summed E-state index contributed by atoms with van der Waals surface area (Å²) in [6.45, 7) is 12.7. The second kappa shape index (κ2) is 7.31. The van der Waals surface area contributed by atoms with E-state index in [1.165, 1.54) is 0 Å². The molecule has 1 aliphatic heterocycles. The highest BCUT2D eigenvalue weighted by atomic mass is 16.6. The predicted octanol–water partition coefficient (Wildman–Crippen LogP) is 2.60. The molecule has 1 amide bonds. The van der Waals surface area contributed by atoms with E-state index < -0.39 is 11.2 Å². The average molecular weight is 315 g/mol. The zero-order valence-corrected chi connectivity index (χ0v) is 14.6. The fourth-order valence-electron chi connectivity index (χ4n) is 2.39. The molecule has 6 heteroatoms. The Labute approximate surface area is 133 Å². The summed E-state index contributed by atoms with van der Waals surface area (Å²) >= 11 is 0. The molecule has 0 aliphatic carbocycles. The molecular formula is C16H29NO5. The fraction of sp³-hybridized carbons (Fsp3) is 0.875. The third-order valence-corrected chi connectivity index (χ3v) is 3.69. The normalized spacial score (nSPS) is 19.2. The molecule has 128 valence electrons. The van der Waals surface area contributed by atoms with Crippen molar-refractivity contribution in [2.45, 2.75) is 59.2 Å². The first kappa shape index (κ1) is 18.7. The number of hydrogen-bond donors (Lipinski definition) is 0. The fourth-order valence-corrected chi connectivity index (χ4v) is 2.39. The molecule has 1 unspecified atom stereocenters. The molecule has 0 spiro atoms. The quantitative estimate of drug-likeness (QED) is 0.730. The van der Waals surface area contributed by atoms with Crippen LogP contribution in [0.2, 0.25) is 0 Å². The zero-order valence-electron chi connectivity index (χ0n) is 14.6. The topological polar surface area (TPSA) is 65.1 Å². The monoisotopic (exact) mass is 315 g/mol. The third kappa shape index (κ3) is 5.83. The number of nitrogens with zero attached hydrogens (tertiary/aromatic N) is 1. The number of likely N-dealkylation sites (tertiary alicyclic amines) is 1. The van der Waals surface area contributed by atoms with Gasteiger partial charge in [-0.2, -0.15) is 0 Å². The minimum atomic E-state index is -0.497. The van der Waals surface area contributed by atoms with Crippen molar-refractivity contribution in [3.05, 3.63) is 0 Å². The smallest absolute Gasteiger partial charge is 0.410 e. The summed E-state index contributed by atoms with van der Waals surface area (Å²) in [5.41, 5.74) is -0.991. The first-order valence-electron chi connectivity index (χ1n) is 7.82. The van der Waals surface area contributed by atoms with E-state index in [0.29, 0.717) is 19.7 Å². The first-order valence-corrected chi connectivity index (χ1v) is 7.82. The van der Waals surface area contributed by atoms with Crippen molar-refractivity contribution in [3.63, 3.8) is 0 Å². The van der Waals surface area contributed by atoms with Crippen LogP contribution in [0.4, 0.5) is 4.79 Å². The van der Waals surface area contributed by atoms with Crippen molar-refractivity contribution >= 4 is 12.1 Å². The van der Waals surface area contributed by atoms with Gasteiger partial charge in [-0.25, -0.2) is 9.59 Å². The first-order chi connectivity index (χ1) is 10.0. The van der Waals surface area contributed by atoms with Crippen molar-refractivity contribution < 1.29 is 23.8 Å². The van der Waals surface area contributed by atoms with E-state index in [0.717, 1.165) is 6.42 Å². The van der Waals surface area contributed by atoms with Gasteiger partial charge in [-0.05, 0) is 48.0 Å². The van der Waals surface area contributed by atoms with Crippen LogP contribution in [0.1, 0.15) is 48.0 Å². The minimum absolute atomic E-state index is 0.0657. The lowest BCUT2D eigenvalue weighted by molar-refractivity contribution is -0.156. The Morgan fingerprint density at radius 3 is 2.36 bits per heavy atom. The summed E-state index contributed by atoms with van der Waals surface area (Å²) < 4.78 is 16.0. The van der Waals surface area contributed by atoms with Crippen molar-refractivity contribution in [1.82, 2.24) is 4.90 Å². The van der Waals surface area contributed by atoms with Gasteiger partial charge in [-0.15, -0.1) is 0 Å². The second-order valence-electron chi connectivity index (χ2n) is 7.11. The Balaban J connectivity index is 2.50. The molecule has 0 aromatic heterocycles. The van der Waals surface area contributed by atoms with Gasteiger partial charge in [0, 0.05) is 19.0 Å². The van der Waals surface area contributed by atoms with Crippen LogP contribution in [-0.4, -0.2) is 54.5 Å². The van der Waals surface area contributed by atoms with Crippen LogP contribution in [0.3, 0.4) is 0 Å². The van der Waals surface area contributed by atoms with E-state index in [1.54, 1.807) is 11.8 Å². The summed E-state index contributed by atoms with van der Waals surface area (Å²) in [5, 5.41) is 0. The molecule has 1 heterocycles. The van der Waals surface area contributed by atoms with Crippen molar-refractivity contribution in [2.75, 3.05) is 26.3 Å². The minimum Gasteiger partial charge on any atom is -0.464 e. The lowest BCUT2D eigenvalue weighted by Crippen LogP contribution is -2.40. The van der Waals surface area contributed by atoms with Gasteiger partial charge in [-0.3, -0.25) is 0 Å². The highest BCUT2D eigenvalue weighted by Gasteiger charge is 2.39. The average Bonchev–Trinajstić information content (AvgIpc) is 2.85. The Morgan fingerprint density at radius 2 is 1.82 bits per heavy atom. The highest BCUT2D eigenvalue weighted by molar-refractivity contribution is 5.70. The molecule has 0 N–H and O–H groups in total. The number of esters is 1. The number of carbonyl (C=O) groups is 2. The number of hydrogen-bond acceptors (Lipinski definition) is 5. The Bertz CT molecular complexity index is 400. The molecule has 0 saturated carbocycles. The van der Waals surface area contributed by atoms with Crippen molar-refractivity contribution in [1.29, 1.82) is 0 Å². The molecule has 0 aromatic rings. The number of amides is 1. The van der Waals surface area contributed by atoms with Gasteiger partial charge >= 0.3 is 12.1 Å². The van der Waals surface area contributed by atoms with Crippen molar-refractivity contribution in [3.8, 4) is 0 Å². The largest absolute Gasteiger partial charge is 0.464 e. The highest BCUT2D eigenvalue weighted by Crippen LogP contribution is 2.31. The summed E-state index contributed by atoms with van der Waals surface area (Å²) in [6, 6.07) is 0. The molecule has 0 bridgehead atoms. The van der Waals surface area contributed by atoms with Gasteiger partial charge in [0.05, 0.1) is 12.2 Å². The molecule has 1 aliphatic rings. The van der Waals surface area contributed by atoms with Crippen LogP contribution in [0.15, 0.2) is 0 Å². The maximum absolute atomic E-state index is 12.1. The van der Waals surface area contributed by atoms with Crippen LogP contribution in [-0.2, 0) is 19.0 Å².